The highest BCUT2D eigenvalue weighted by Crippen LogP contribution is 2.26. The smallest absolute Gasteiger partial charge is 0.130 e. The number of Topliss-reactive ketones (excluding diaryl/α,β-unsaturated/α-hetero) is 1. The van der Waals surface area contributed by atoms with Gasteiger partial charge in [-0.1, -0.05) is 23.7 Å². The van der Waals surface area contributed by atoms with E-state index in [1.165, 1.54) is 0 Å². The van der Waals surface area contributed by atoms with Gasteiger partial charge in [0.2, 0.25) is 0 Å². The van der Waals surface area contributed by atoms with Crippen LogP contribution in [0, 0.1) is 0 Å². The zero-order chi connectivity index (χ0) is 13.0. The second-order valence-corrected chi connectivity index (χ2v) is 4.65. The van der Waals surface area contributed by atoms with E-state index in [4.69, 9.17) is 11.6 Å². The quantitative estimate of drug-likeness (QED) is 0.833. The molecule has 0 atom stereocenters. The number of hydrogen-bond donors (Lipinski definition) is 0. The maximum atomic E-state index is 11.1. The highest BCUT2D eigenvalue weighted by Gasteiger charge is 2.07. The van der Waals surface area contributed by atoms with E-state index in [1.807, 2.05) is 36.4 Å². The number of nitrogens with zero attached hydrogens (tertiary/aromatic N) is 1. The van der Waals surface area contributed by atoms with Crippen LogP contribution in [0.5, 0.6) is 0 Å². The van der Waals surface area contributed by atoms with Gasteiger partial charge >= 0.3 is 0 Å². The van der Waals surface area contributed by atoms with Crippen LogP contribution in [0.15, 0.2) is 42.6 Å². The van der Waals surface area contributed by atoms with Gasteiger partial charge in [-0.05, 0) is 43.2 Å². The lowest BCUT2D eigenvalue weighted by Gasteiger charge is -2.09. The van der Waals surface area contributed by atoms with Crippen LogP contribution in [0.1, 0.15) is 18.9 Å². The SMILES string of the molecule is CC(=O)CCc1cc(Cl)ccc1-c1ccccn1. The number of rotatable bonds is 4. The zero-order valence-corrected chi connectivity index (χ0v) is 10.9. The number of ketones is 1. The molecule has 0 N–H and O–H groups in total. The van der Waals surface area contributed by atoms with Gasteiger partial charge in [-0.25, -0.2) is 0 Å². The van der Waals surface area contributed by atoms with Crippen molar-refractivity contribution in [3.63, 3.8) is 0 Å². The Hall–Kier alpha value is -1.67. The van der Waals surface area contributed by atoms with Gasteiger partial charge in [-0.2, -0.15) is 0 Å². The number of carbonyl (C=O) groups excluding carboxylic acids is 1. The lowest BCUT2D eigenvalue weighted by Crippen LogP contribution is -1.97. The molecule has 0 radical (unpaired) electrons. The van der Waals surface area contributed by atoms with Crippen LogP contribution in [0.4, 0.5) is 0 Å². The summed E-state index contributed by atoms with van der Waals surface area (Å²) in [6.07, 6.45) is 2.99. The van der Waals surface area contributed by atoms with Crippen molar-refractivity contribution in [2.75, 3.05) is 0 Å². The molecule has 0 aliphatic heterocycles. The van der Waals surface area contributed by atoms with Crippen LogP contribution < -0.4 is 0 Å². The van der Waals surface area contributed by atoms with Gasteiger partial charge in [0.15, 0.2) is 0 Å². The van der Waals surface area contributed by atoms with Crippen LogP contribution >= 0.6 is 11.6 Å². The fourth-order valence-electron chi connectivity index (χ4n) is 1.85. The van der Waals surface area contributed by atoms with Gasteiger partial charge in [0.05, 0.1) is 5.69 Å². The summed E-state index contributed by atoms with van der Waals surface area (Å²) in [6.45, 7) is 1.60. The van der Waals surface area contributed by atoms with Gasteiger partial charge in [0.25, 0.3) is 0 Å². The minimum atomic E-state index is 0.182. The van der Waals surface area contributed by atoms with Crippen molar-refractivity contribution in [3.8, 4) is 11.3 Å². The molecular weight excluding hydrogens is 246 g/mol. The van der Waals surface area contributed by atoms with Gasteiger partial charge in [0, 0.05) is 23.2 Å². The Kier molecular flexibility index (Phi) is 4.11. The van der Waals surface area contributed by atoms with Crippen molar-refractivity contribution in [2.45, 2.75) is 19.8 Å². The molecule has 0 bridgehead atoms. The molecule has 1 heterocycles. The number of halogens is 1. The minimum absolute atomic E-state index is 0.182. The maximum absolute atomic E-state index is 11.1. The first-order valence-corrected chi connectivity index (χ1v) is 6.24. The van der Waals surface area contributed by atoms with Gasteiger partial charge in [-0.15, -0.1) is 0 Å². The highest BCUT2D eigenvalue weighted by atomic mass is 35.5. The van der Waals surface area contributed by atoms with E-state index in [9.17, 15) is 4.79 Å². The number of aromatic nitrogens is 1. The molecule has 18 heavy (non-hydrogen) atoms. The number of benzene rings is 1. The molecule has 2 aromatic rings. The average molecular weight is 260 g/mol. The molecule has 92 valence electrons. The fraction of sp³-hybridized carbons (Fsp3) is 0.200. The molecule has 0 unspecified atom stereocenters. The molecule has 0 aliphatic carbocycles. The number of carbonyl (C=O) groups is 1. The van der Waals surface area contributed by atoms with Crippen molar-refractivity contribution in [2.24, 2.45) is 0 Å². The number of hydrogen-bond acceptors (Lipinski definition) is 2. The largest absolute Gasteiger partial charge is 0.300 e. The lowest BCUT2D eigenvalue weighted by atomic mass is 9.99. The average Bonchev–Trinajstić information content (AvgIpc) is 2.37. The summed E-state index contributed by atoms with van der Waals surface area (Å²) in [5.74, 6) is 0.182. The third-order valence-electron chi connectivity index (χ3n) is 2.75. The van der Waals surface area contributed by atoms with Crippen molar-refractivity contribution in [1.29, 1.82) is 0 Å². The normalized spacial score (nSPS) is 10.3. The number of pyridine rings is 1. The molecule has 0 aliphatic rings. The monoisotopic (exact) mass is 259 g/mol. The predicted octanol–water partition coefficient (Wildman–Crippen LogP) is 3.92. The molecule has 0 saturated heterocycles. The van der Waals surface area contributed by atoms with E-state index in [0.717, 1.165) is 16.8 Å². The molecule has 1 aromatic carbocycles. The molecule has 0 spiro atoms. The highest BCUT2D eigenvalue weighted by molar-refractivity contribution is 6.30. The van der Waals surface area contributed by atoms with E-state index >= 15 is 0 Å². The lowest BCUT2D eigenvalue weighted by molar-refractivity contribution is -0.116. The van der Waals surface area contributed by atoms with Gasteiger partial charge < -0.3 is 4.79 Å². The molecule has 1 aromatic heterocycles. The van der Waals surface area contributed by atoms with Gasteiger partial charge in [0.1, 0.15) is 5.78 Å². The van der Waals surface area contributed by atoms with Crippen LogP contribution in [-0.4, -0.2) is 10.8 Å². The summed E-state index contributed by atoms with van der Waals surface area (Å²) in [4.78, 5) is 15.4. The van der Waals surface area contributed by atoms with E-state index < -0.39 is 0 Å². The first-order chi connectivity index (χ1) is 8.66. The van der Waals surface area contributed by atoms with Crippen molar-refractivity contribution < 1.29 is 4.79 Å². The standard InChI is InChI=1S/C15H14ClNO/c1-11(18)5-6-12-10-13(16)7-8-14(12)15-4-2-3-9-17-15/h2-4,7-10H,5-6H2,1H3. The topological polar surface area (TPSA) is 30.0 Å². The van der Waals surface area contributed by atoms with Crippen LogP contribution in [0.25, 0.3) is 11.3 Å². The van der Waals surface area contributed by atoms with E-state index in [0.29, 0.717) is 17.9 Å². The molecule has 0 fully saturated rings. The second kappa shape index (κ2) is 5.78. The minimum Gasteiger partial charge on any atom is -0.300 e. The Balaban J connectivity index is 2.37. The van der Waals surface area contributed by atoms with Gasteiger partial charge in [-0.3, -0.25) is 4.98 Å². The first kappa shape index (κ1) is 12.8. The third-order valence-corrected chi connectivity index (χ3v) is 2.99. The van der Waals surface area contributed by atoms with E-state index in [-0.39, 0.29) is 5.78 Å². The Bertz CT molecular complexity index is 552. The molecular formula is C15H14ClNO. The summed E-state index contributed by atoms with van der Waals surface area (Å²) in [5.41, 5.74) is 3.02. The summed E-state index contributed by atoms with van der Waals surface area (Å²) < 4.78 is 0. The van der Waals surface area contributed by atoms with Crippen LogP contribution in [0.3, 0.4) is 0 Å². The van der Waals surface area contributed by atoms with Crippen molar-refractivity contribution in [3.05, 3.63) is 53.2 Å². The first-order valence-electron chi connectivity index (χ1n) is 5.86. The van der Waals surface area contributed by atoms with E-state index in [1.54, 1.807) is 13.1 Å². The Morgan fingerprint density at radius 3 is 2.78 bits per heavy atom. The van der Waals surface area contributed by atoms with Crippen LogP contribution in [0.2, 0.25) is 5.02 Å². The second-order valence-electron chi connectivity index (χ2n) is 4.22. The molecule has 0 amide bonds. The molecule has 2 nitrogen and oxygen atoms in total. The summed E-state index contributed by atoms with van der Waals surface area (Å²) in [6, 6.07) is 11.5. The van der Waals surface area contributed by atoms with E-state index in [2.05, 4.69) is 4.98 Å². The van der Waals surface area contributed by atoms with Crippen molar-refractivity contribution in [1.82, 2.24) is 4.98 Å². The maximum Gasteiger partial charge on any atom is 0.130 e. The predicted molar refractivity (Wildman–Crippen MR) is 73.7 cm³/mol. The number of aryl methyl sites for hydroxylation is 1. The van der Waals surface area contributed by atoms with Crippen LogP contribution in [-0.2, 0) is 11.2 Å². The zero-order valence-electron chi connectivity index (χ0n) is 10.2. The summed E-state index contributed by atoms with van der Waals surface area (Å²) in [7, 11) is 0. The molecule has 2 rings (SSSR count). The third kappa shape index (κ3) is 3.17. The Labute approximate surface area is 112 Å². The summed E-state index contributed by atoms with van der Waals surface area (Å²) >= 11 is 6.01. The fourth-order valence-corrected chi connectivity index (χ4v) is 2.05. The molecule has 3 heteroatoms. The molecule has 0 saturated carbocycles. The Morgan fingerprint density at radius 1 is 1.28 bits per heavy atom. The summed E-state index contributed by atoms with van der Waals surface area (Å²) in [5, 5.41) is 0.688. The van der Waals surface area contributed by atoms with Crippen molar-refractivity contribution >= 4 is 17.4 Å². The Morgan fingerprint density at radius 2 is 2.11 bits per heavy atom.